The van der Waals surface area contributed by atoms with Gasteiger partial charge in [0.1, 0.15) is 10.9 Å². The molecule has 6 nitrogen and oxygen atoms in total. The summed E-state index contributed by atoms with van der Waals surface area (Å²) in [7, 11) is 1.34. The number of nitrogens with zero attached hydrogens (tertiary/aromatic N) is 1. The lowest BCUT2D eigenvalue weighted by Gasteiger charge is -2.30. The molecule has 1 aliphatic rings. The third-order valence-electron chi connectivity index (χ3n) is 3.14. The van der Waals surface area contributed by atoms with E-state index in [0.717, 1.165) is 0 Å². The van der Waals surface area contributed by atoms with Crippen LogP contribution in [0.5, 0.6) is 0 Å². The minimum atomic E-state index is -0.347. The molecule has 0 radical (unpaired) electrons. The number of hydrogen-bond acceptors (Lipinski definition) is 5. The maximum absolute atomic E-state index is 12.3. The normalized spacial score (nSPS) is 18.7. The van der Waals surface area contributed by atoms with Crippen molar-refractivity contribution in [3.8, 4) is 0 Å². The first-order chi connectivity index (χ1) is 9.52. The Morgan fingerprint density at radius 2 is 2.20 bits per heavy atom. The van der Waals surface area contributed by atoms with Crippen LogP contribution in [-0.4, -0.2) is 58.7 Å². The number of carbonyl (C=O) groups is 3. The summed E-state index contributed by atoms with van der Waals surface area (Å²) in [6.45, 7) is 2.35. The van der Waals surface area contributed by atoms with E-state index in [1.807, 2.05) is 0 Å². The first-order valence-electron chi connectivity index (χ1n) is 6.21. The molecular formula is C13H16N2O4S. The molecule has 1 fully saturated rings. The van der Waals surface area contributed by atoms with Crippen molar-refractivity contribution in [1.82, 2.24) is 9.88 Å². The first kappa shape index (κ1) is 14.6. The predicted octanol–water partition coefficient (Wildman–Crippen LogP) is 0.948. The largest absolute Gasteiger partial charge is 0.468 e. The van der Waals surface area contributed by atoms with Gasteiger partial charge in [0.05, 0.1) is 7.11 Å². The van der Waals surface area contributed by atoms with E-state index in [0.29, 0.717) is 30.1 Å². The highest BCUT2D eigenvalue weighted by Crippen LogP contribution is 2.21. The number of ether oxygens (including phenoxy) is 1. The molecule has 108 valence electrons. The average molecular weight is 296 g/mol. The minimum Gasteiger partial charge on any atom is -0.468 e. The van der Waals surface area contributed by atoms with Crippen LogP contribution in [0.3, 0.4) is 0 Å². The van der Waals surface area contributed by atoms with E-state index in [9.17, 15) is 14.4 Å². The predicted molar refractivity (Wildman–Crippen MR) is 75.0 cm³/mol. The zero-order valence-corrected chi connectivity index (χ0v) is 12.2. The van der Waals surface area contributed by atoms with E-state index in [2.05, 4.69) is 4.98 Å². The Morgan fingerprint density at radius 1 is 1.45 bits per heavy atom. The molecule has 2 heterocycles. The number of ketones is 1. The molecule has 1 aromatic heterocycles. The van der Waals surface area contributed by atoms with Crippen molar-refractivity contribution >= 4 is 29.4 Å². The fourth-order valence-corrected chi connectivity index (χ4v) is 3.13. The van der Waals surface area contributed by atoms with Crippen LogP contribution in [0.2, 0.25) is 0 Å². The fraction of sp³-hybridized carbons (Fsp3) is 0.462. The summed E-state index contributed by atoms with van der Waals surface area (Å²) in [5.41, 5.74) is 0.843. The van der Waals surface area contributed by atoms with Gasteiger partial charge in [0.15, 0.2) is 5.78 Å². The highest BCUT2D eigenvalue weighted by Gasteiger charge is 2.30. The number of hydrogen-bond donors (Lipinski definition) is 1. The number of aromatic amines is 1. The number of amides is 1. The van der Waals surface area contributed by atoms with Crippen molar-refractivity contribution in [2.24, 2.45) is 0 Å². The van der Waals surface area contributed by atoms with E-state index in [1.165, 1.54) is 32.0 Å². The lowest BCUT2D eigenvalue weighted by atomic mass is 10.2. The molecule has 1 saturated heterocycles. The van der Waals surface area contributed by atoms with Crippen LogP contribution in [-0.2, 0) is 9.53 Å². The maximum atomic E-state index is 12.3. The molecule has 1 aliphatic heterocycles. The number of H-pyrrole nitrogens is 1. The molecule has 0 bridgehead atoms. The quantitative estimate of drug-likeness (QED) is 0.663. The maximum Gasteiger partial charge on any atom is 0.320 e. The molecule has 20 heavy (non-hydrogen) atoms. The molecule has 0 saturated carbocycles. The van der Waals surface area contributed by atoms with Crippen LogP contribution in [0.4, 0.5) is 0 Å². The standard InChI is InChI=1S/C13H16N2O4S/c1-8(16)9-5-10(14-6-9)12(17)15-3-4-20-11(7-15)13(18)19-2/h5-6,11,14H,3-4,7H2,1-2H3/t11-/m0/s1. The topological polar surface area (TPSA) is 79.5 Å². The van der Waals surface area contributed by atoms with Gasteiger partial charge in [-0.25, -0.2) is 0 Å². The second-order valence-corrected chi connectivity index (χ2v) is 5.80. The van der Waals surface area contributed by atoms with Crippen LogP contribution in [0.15, 0.2) is 12.3 Å². The fourth-order valence-electron chi connectivity index (χ4n) is 2.00. The Morgan fingerprint density at radius 3 is 2.80 bits per heavy atom. The summed E-state index contributed by atoms with van der Waals surface area (Å²) in [5, 5.41) is -0.347. The van der Waals surface area contributed by atoms with Gasteiger partial charge in [0.25, 0.3) is 5.91 Å². The van der Waals surface area contributed by atoms with Gasteiger partial charge in [-0.3, -0.25) is 14.4 Å². The van der Waals surface area contributed by atoms with Crippen molar-refractivity contribution in [1.29, 1.82) is 0 Å². The number of thioether (sulfide) groups is 1. The zero-order chi connectivity index (χ0) is 14.7. The summed E-state index contributed by atoms with van der Waals surface area (Å²) >= 11 is 1.49. The minimum absolute atomic E-state index is 0.0954. The molecule has 0 spiro atoms. The molecular weight excluding hydrogens is 280 g/mol. The molecule has 7 heteroatoms. The summed E-state index contributed by atoms with van der Waals surface area (Å²) in [5.74, 6) is 0.0724. The number of aromatic nitrogens is 1. The van der Waals surface area contributed by atoms with Gasteiger partial charge in [-0.2, -0.15) is 0 Å². The van der Waals surface area contributed by atoms with Gasteiger partial charge >= 0.3 is 5.97 Å². The Hall–Kier alpha value is -1.76. The monoisotopic (exact) mass is 296 g/mol. The molecule has 1 aromatic rings. The SMILES string of the molecule is COC(=O)[C@@H]1CN(C(=O)c2cc(C(C)=O)c[nH]2)CCS1. The van der Waals surface area contributed by atoms with E-state index < -0.39 is 0 Å². The number of carbonyl (C=O) groups excluding carboxylic acids is 3. The van der Waals surface area contributed by atoms with Gasteiger partial charge in [0.2, 0.25) is 0 Å². The van der Waals surface area contributed by atoms with Crippen molar-refractivity contribution in [2.75, 3.05) is 26.0 Å². The summed E-state index contributed by atoms with van der Waals surface area (Å²) in [6, 6.07) is 1.54. The summed E-state index contributed by atoms with van der Waals surface area (Å²) in [6.07, 6.45) is 1.52. The number of rotatable bonds is 3. The van der Waals surface area contributed by atoms with E-state index >= 15 is 0 Å². The number of esters is 1. The van der Waals surface area contributed by atoms with Gasteiger partial charge in [-0.1, -0.05) is 0 Å². The highest BCUT2D eigenvalue weighted by atomic mass is 32.2. The second kappa shape index (κ2) is 6.13. The third kappa shape index (κ3) is 3.04. The molecule has 0 aromatic carbocycles. The molecule has 0 unspecified atom stereocenters. The van der Waals surface area contributed by atoms with Crippen LogP contribution in [0, 0.1) is 0 Å². The molecule has 1 atom stereocenters. The van der Waals surface area contributed by atoms with E-state index in [4.69, 9.17) is 4.74 Å². The van der Waals surface area contributed by atoms with Crippen LogP contribution in [0.1, 0.15) is 27.8 Å². The lowest BCUT2D eigenvalue weighted by molar-refractivity contribution is -0.140. The Balaban J connectivity index is 2.08. The zero-order valence-electron chi connectivity index (χ0n) is 11.3. The second-order valence-electron chi connectivity index (χ2n) is 4.49. The van der Waals surface area contributed by atoms with Crippen LogP contribution >= 0.6 is 11.8 Å². The van der Waals surface area contributed by atoms with E-state index in [1.54, 1.807) is 11.0 Å². The summed E-state index contributed by atoms with van der Waals surface area (Å²) in [4.78, 5) is 39.5. The molecule has 0 aliphatic carbocycles. The van der Waals surface area contributed by atoms with Crippen molar-refractivity contribution < 1.29 is 19.1 Å². The van der Waals surface area contributed by atoms with Crippen molar-refractivity contribution in [2.45, 2.75) is 12.2 Å². The molecule has 1 amide bonds. The van der Waals surface area contributed by atoms with Crippen molar-refractivity contribution in [3.63, 3.8) is 0 Å². The van der Waals surface area contributed by atoms with Gasteiger partial charge in [-0.15, -0.1) is 11.8 Å². The van der Waals surface area contributed by atoms with Crippen LogP contribution < -0.4 is 0 Å². The smallest absolute Gasteiger partial charge is 0.320 e. The highest BCUT2D eigenvalue weighted by molar-refractivity contribution is 8.00. The summed E-state index contributed by atoms with van der Waals surface area (Å²) < 4.78 is 4.71. The van der Waals surface area contributed by atoms with Gasteiger partial charge in [0, 0.05) is 30.6 Å². The van der Waals surface area contributed by atoms with E-state index in [-0.39, 0.29) is 22.9 Å². The number of methoxy groups -OCH3 is 1. The van der Waals surface area contributed by atoms with Gasteiger partial charge < -0.3 is 14.6 Å². The molecule has 1 N–H and O–H groups in total. The number of Topliss-reactive ketones (excluding diaryl/α,β-unsaturated/α-hetero) is 1. The van der Waals surface area contributed by atoms with Gasteiger partial charge in [-0.05, 0) is 13.0 Å². The third-order valence-corrected chi connectivity index (χ3v) is 4.30. The van der Waals surface area contributed by atoms with Crippen molar-refractivity contribution in [3.05, 3.63) is 23.5 Å². The molecule has 2 rings (SSSR count). The Bertz CT molecular complexity index is 540. The van der Waals surface area contributed by atoms with Crippen LogP contribution in [0.25, 0.3) is 0 Å². The average Bonchev–Trinajstić information content (AvgIpc) is 2.95. The Kier molecular flexibility index (Phi) is 4.49. The first-order valence-corrected chi connectivity index (χ1v) is 7.26. The number of nitrogens with one attached hydrogen (secondary N) is 1. The lowest BCUT2D eigenvalue weighted by Crippen LogP contribution is -2.45. The Labute approximate surface area is 120 Å².